The van der Waals surface area contributed by atoms with E-state index >= 15 is 0 Å². The molecule has 0 spiro atoms. The van der Waals surface area contributed by atoms with Crippen LogP contribution in [0.15, 0.2) is 47.4 Å². The molecule has 3 nitrogen and oxygen atoms in total. The number of benzene rings is 2. The van der Waals surface area contributed by atoms with Crippen molar-refractivity contribution >= 4 is 18.0 Å². The van der Waals surface area contributed by atoms with Gasteiger partial charge in [-0.3, -0.25) is 4.79 Å². The minimum atomic E-state index is -4.46. The quantitative estimate of drug-likeness (QED) is 0.402. The van der Waals surface area contributed by atoms with E-state index in [4.69, 9.17) is 9.84 Å². The van der Waals surface area contributed by atoms with E-state index in [1.54, 1.807) is 0 Å². The zero-order valence-electron chi connectivity index (χ0n) is 14.4. The maximum absolute atomic E-state index is 13.6. The molecule has 0 saturated carbocycles. The third-order valence-electron chi connectivity index (χ3n) is 3.17. The number of aliphatic hydroxyl groups excluding tert-OH is 1. The number of thioether (sulfide) groups is 1. The van der Waals surface area contributed by atoms with Gasteiger partial charge >= 0.3 is 5.51 Å². The Kier molecular flexibility index (Phi) is 8.23. The molecule has 1 N–H and O–H groups in total. The summed E-state index contributed by atoms with van der Waals surface area (Å²) in [7, 11) is 1.00. The van der Waals surface area contributed by atoms with Gasteiger partial charge in [0.15, 0.2) is 6.29 Å². The first-order valence-electron chi connectivity index (χ1n) is 7.50. The van der Waals surface area contributed by atoms with Crippen molar-refractivity contribution < 1.29 is 36.6 Å². The van der Waals surface area contributed by atoms with E-state index in [2.05, 4.69) is 0 Å². The van der Waals surface area contributed by atoms with Gasteiger partial charge in [-0.05, 0) is 47.7 Å². The monoisotopic (exact) mass is 408 g/mol. The Balaban J connectivity index is 0.00000176. The molecule has 0 radical (unpaired) electrons. The third kappa shape index (κ3) is 7.18. The van der Waals surface area contributed by atoms with Gasteiger partial charge in [-0.25, -0.2) is 8.78 Å². The van der Waals surface area contributed by atoms with Crippen LogP contribution in [0.1, 0.15) is 12.5 Å². The van der Waals surface area contributed by atoms with Crippen LogP contribution in [0.3, 0.4) is 0 Å². The summed E-state index contributed by atoms with van der Waals surface area (Å²) in [4.78, 5) is 10.4. The van der Waals surface area contributed by atoms with Gasteiger partial charge in [0.1, 0.15) is 12.4 Å². The number of rotatable bonds is 6. The molecule has 0 aliphatic rings. The van der Waals surface area contributed by atoms with Crippen molar-refractivity contribution in [3.8, 4) is 16.9 Å². The summed E-state index contributed by atoms with van der Waals surface area (Å²) in [5.74, 6) is -3.00. The summed E-state index contributed by atoms with van der Waals surface area (Å²) in [6, 6.07) is 8.96. The minimum Gasteiger partial charge on any atom is -0.486 e. The van der Waals surface area contributed by atoms with E-state index in [-0.39, 0.29) is 45.7 Å². The second-order valence-electron chi connectivity index (χ2n) is 5.15. The number of alkyl halides is 5. The van der Waals surface area contributed by atoms with Gasteiger partial charge in [-0.2, -0.15) is 13.2 Å². The van der Waals surface area contributed by atoms with Crippen LogP contribution in [0.5, 0.6) is 5.75 Å². The fourth-order valence-corrected chi connectivity index (χ4v) is 2.74. The van der Waals surface area contributed by atoms with Crippen molar-refractivity contribution in [3.63, 3.8) is 0 Å². The summed E-state index contributed by atoms with van der Waals surface area (Å²) in [5.41, 5.74) is -4.31. The first-order chi connectivity index (χ1) is 12.6. The number of aliphatic hydroxyl groups is 1. The van der Waals surface area contributed by atoms with Gasteiger partial charge in [-0.1, -0.05) is 12.1 Å². The minimum absolute atomic E-state index is 0.0833. The van der Waals surface area contributed by atoms with Gasteiger partial charge < -0.3 is 9.84 Å². The lowest BCUT2D eigenvalue weighted by molar-refractivity contribution is -0.109. The molecule has 148 valence electrons. The van der Waals surface area contributed by atoms with Gasteiger partial charge in [0.2, 0.25) is 0 Å². The average molecular weight is 408 g/mol. The lowest BCUT2D eigenvalue weighted by atomic mass is 9.99. The molecule has 2 aromatic rings. The molecule has 0 atom stereocenters. The Morgan fingerprint density at radius 1 is 1.07 bits per heavy atom. The van der Waals surface area contributed by atoms with Crippen molar-refractivity contribution in [3.05, 3.63) is 48.0 Å². The predicted molar refractivity (Wildman–Crippen MR) is 93.1 cm³/mol. The molecule has 0 unspecified atom stereocenters. The number of halogens is 5. The van der Waals surface area contributed by atoms with Crippen LogP contribution in [-0.2, 0) is 10.7 Å². The number of hydrogen-bond donors (Lipinski definition) is 1. The molecule has 9 heteroatoms. The van der Waals surface area contributed by atoms with Crippen molar-refractivity contribution in [2.45, 2.75) is 23.3 Å². The van der Waals surface area contributed by atoms with Crippen molar-refractivity contribution in [2.24, 2.45) is 0 Å². The van der Waals surface area contributed by atoms with Crippen LogP contribution in [-0.4, -0.2) is 30.6 Å². The molecule has 2 rings (SSSR count). The molecular formula is C18H17F5O3S. The SMILES string of the molecule is CC(F)(F)c1ccc(OCC=O)c(-c2cccc(SC(F)(F)F)c2)c1.CO. The van der Waals surface area contributed by atoms with Gasteiger partial charge in [0, 0.05) is 30.1 Å². The smallest absolute Gasteiger partial charge is 0.446 e. The summed E-state index contributed by atoms with van der Waals surface area (Å²) in [6.07, 6.45) is 0.488. The summed E-state index contributed by atoms with van der Waals surface area (Å²) in [6.45, 7) is 0.417. The van der Waals surface area contributed by atoms with E-state index in [1.165, 1.54) is 30.3 Å². The standard InChI is InChI=1S/C17H13F5O2S.CH4O/c1-16(18,19)12-5-6-15(24-8-7-23)14(10-12)11-3-2-4-13(9-11)25-17(20,21)22;1-2/h2-7,9-10H,8H2,1H3;2H,1H3. The maximum atomic E-state index is 13.6. The summed E-state index contributed by atoms with van der Waals surface area (Å²) in [5, 5.41) is 7.00. The largest absolute Gasteiger partial charge is 0.486 e. The van der Waals surface area contributed by atoms with Crippen LogP contribution < -0.4 is 4.74 Å². The molecule has 0 aliphatic heterocycles. The first kappa shape index (κ1) is 22.9. The number of aldehydes is 1. The zero-order valence-corrected chi connectivity index (χ0v) is 15.2. The van der Waals surface area contributed by atoms with E-state index in [1.807, 2.05) is 0 Å². The maximum Gasteiger partial charge on any atom is 0.446 e. The second kappa shape index (κ2) is 9.70. The van der Waals surface area contributed by atoms with E-state index in [0.29, 0.717) is 13.2 Å². The van der Waals surface area contributed by atoms with Gasteiger partial charge in [0.05, 0.1) is 0 Å². The zero-order chi connectivity index (χ0) is 20.7. The highest BCUT2D eigenvalue weighted by molar-refractivity contribution is 8.00. The molecule has 0 fully saturated rings. The van der Waals surface area contributed by atoms with Crippen LogP contribution in [0.25, 0.3) is 11.1 Å². The van der Waals surface area contributed by atoms with Crippen LogP contribution in [0, 0.1) is 0 Å². The lowest BCUT2D eigenvalue weighted by Crippen LogP contribution is -2.08. The van der Waals surface area contributed by atoms with Crippen LogP contribution >= 0.6 is 11.8 Å². The van der Waals surface area contributed by atoms with Gasteiger partial charge in [0.25, 0.3) is 5.92 Å². The molecule has 0 bridgehead atoms. The normalized spacial score (nSPS) is 11.4. The van der Waals surface area contributed by atoms with E-state index in [9.17, 15) is 26.7 Å². The third-order valence-corrected chi connectivity index (χ3v) is 3.89. The highest BCUT2D eigenvalue weighted by Crippen LogP contribution is 2.40. The van der Waals surface area contributed by atoms with Crippen molar-refractivity contribution in [2.75, 3.05) is 13.7 Å². The Bertz CT molecular complexity index is 757. The van der Waals surface area contributed by atoms with Gasteiger partial charge in [-0.15, -0.1) is 0 Å². The fraction of sp³-hybridized carbons (Fsp3) is 0.278. The number of ether oxygens (including phenoxy) is 1. The van der Waals surface area contributed by atoms with Crippen LogP contribution in [0.2, 0.25) is 0 Å². The second-order valence-corrected chi connectivity index (χ2v) is 6.29. The lowest BCUT2D eigenvalue weighted by Gasteiger charge is -2.16. The number of carbonyl (C=O) groups is 1. The predicted octanol–water partition coefficient (Wildman–Crippen LogP) is 5.26. The molecule has 0 aromatic heterocycles. The first-order valence-corrected chi connectivity index (χ1v) is 8.31. The summed E-state index contributed by atoms with van der Waals surface area (Å²) < 4.78 is 70.0. The average Bonchev–Trinajstić information content (AvgIpc) is 2.59. The molecular weight excluding hydrogens is 391 g/mol. The topological polar surface area (TPSA) is 46.5 Å². The molecule has 0 amide bonds. The number of carbonyl (C=O) groups excluding carboxylic acids is 1. The van der Waals surface area contributed by atoms with Crippen molar-refractivity contribution in [1.82, 2.24) is 0 Å². The van der Waals surface area contributed by atoms with E-state index < -0.39 is 11.4 Å². The molecule has 2 aromatic carbocycles. The Morgan fingerprint density at radius 3 is 2.30 bits per heavy atom. The molecule has 0 heterocycles. The van der Waals surface area contributed by atoms with Crippen LogP contribution in [0.4, 0.5) is 22.0 Å². The highest BCUT2D eigenvalue weighted by Gasteiger charge is 2.29. The Labute approximate surface area is 157 Å². The molecule has 0 aliphatic carbocycles. The van der Waals surface area contributed by atoms with Crippen molar-refractivity contribution in [1.29, 1.82) is 0 Å². The Morgan fingerprint density at radius 2 is 1.74 bits per heavy atom. The Hall–Kier alpha value is -2.13. The summed E-state index contributed by atoms with van der Waals surface area (Å²) >= 11 is -0.302. The van der Waals surface area contributed by atoms with E-state index in [0.717, 1.165) is 19.2 Å². The molecule has 27 heavy (non-hydrogen) atoms. The number of hydrogen-bond acceptors (Lipinski definition) is 4. The highest BCUT2D eigenvalue weighted by atomic mass is 32.2. The fourth-order valence-electron chi connectivity index (χ4n) is 2.14. The molecule has 0 saturated heterocycles.